The van der Waals surface area contributed by atoms with Gasteiger partial charge in [0.25, 0.3) is 0 Å². The highest BCUT2D eigenvalue weighted by molar-refractivity contribution is 7.88. The molecule has 1 aliphatic rings. The second-order valence-electron chi connectivity index (χ2n) is 6.67. The molecule has 0 aromatic heterocycles. The zero-order valence-electron chi connectivity index (χ0n) is 15.2. The van der Waals surface area contributed by atoms with Crippen molar-refractivity contribution in [3.05, 3.63) is 71.5 Å². The lowest BCUT2D eigenvalue weighted by molar-refractivity contribution is -0.0300. The summed E-state index contributed by atoms with van der Waals surface area (Å²) in [4.78, 5) is 2.28. The predicted octanol–water partition coefficient (Wildman–Crippen LogP) is 2.71. The average molecular weight is 392 g/mol. The Morgan fingerprint density at radius 2 is 1.85 bits per heavy atom. The number of benzene rings is 2. The number of rotatable bonds is 8. The summed E-state index contributed by atoms with van der Waals surface area (Å²) in [7, 11) is -3.55. The van der Waals surface area contributed by atoms with Gasteiger partial charge in [0, 0.05) is 25.2 Å². The number of hydrogen-bond donors (Lipinski definition) is 1. The summed E-state index contributed by atoms with van der Waals surface area (Å²) in [6, 6.07) is 16.1. The molecule has 0 aliphatic carbocycles. The van der Waals surface area contributed by atoms with E-state index in [2.05, 4.69) is 21.8 Å². The van der Waals surface area contributed by atoms with Crippen molar-refractivity contribution in [2.45, 2.75) is 18.3 Å². The summed E-state index contributed by atoms with van der Waals surface area (Å²) in [5, 5.41) is 0. The minimum atomic E-state index is -3.55. The van der Waals surface area contributed by atoms with Crippen molar-refractivity contribution >= 4 is 10.0 Å². The van der Waals surface area contributed by atoms with Crippen LogP contribution < -0.4 is 4.72 Å². The van der Waals surface area contributed by atoms with Crippen LogP contribution in [0.5, 0.6) is 0 Å². The first-order chi connectivity index (χ1) is 13.0. The zero-order chi connectivity index (χ0) is 19.1. The first kappa shape index (κ1) is 19.9. The number of nitrogens with zero attached hydrogens (tertiary/aromatic N) is 1. The average Bonchev–Trinajstić information content (AvgIpc) is 2.68. The Balaban J connectivity index is 1.42. The molecule has 1 aliphatic heterocycles. The molecule has 27 heavy (non-hydrogen) atoms. The van der Waals surface area contributed by atoms with E-state index in [0.29, 0.717) is 19.6 Å². The van der Waals surface area contributed by atoms with Gasteiger partial charge in [-0.15, -0.1) is 0 Å². The smallest absolute Gasteiger partial charge is 0.215 e. The standard InChI is InChI=1S/C20H25FN2O3S/c21-19-10-5-4-9-18(19)16-27(24,25)22-11-6-12-23-13-14-26-20(15-23)17-7-2-1-3-8-17/h1-5,7-10,20,22H,6,11-16H2. The number of sulfonamides is 1. The second kappa shape index (κ2) is 9.41. The maximum absolute atomic E-state index is 13.6. The van der Waals surface area contributed by atoms with Gasteiger partial charge in [0.1, 0.15) is 5.82 Å². The summed E-state index contributed by atoms with van der Waals surface area (Å²) in [5.74, 6) is -0.837. The van der Waals surface area contributed by atoms with Crippen LogP contribution >= 0.6 is 0 Å². The van der Waals surface area contributed by atoms with Crippen LogP contribution in [0.2, 0.25) is 0 Å². The van der Waals surface area contributed by atoms with Gasteiger partial charge < -0.3 is 4.74 Å². The van der Waals surface area contributed by atoms with Crippen molar-refractivity contribution in [1.82, 2.24) is 9.62 Å². The molecule has 1 unspecified atom stereocenters. The molecule has 5 nitrogen and oxygen atoms in total. The van der Waals surface area contributed by atoms with E-state index in [1.165, 1.54) is 12.1 Å². The molecular weight excluding hydrogens is 367 g/mol. The highest BCUT2D eigenvalue weighted by Crippen LogP contribution is 2.21. The maximum Gasteiger partial charge on any atom is 0.215 e. The molecule has 1 N–H and O–H groups in total. The van der Waals surface area contributed by atoms with Gasteiger partial charge in [0.15, 0.2) is 0 Å². The Morgan fingerprint density at radius 1 is 1.11 bits per heavy atom. The monoisotopic (exact) mass is 392 g/mol. The number of hydrogen-bond acceptors (Lipinski definition) is 4. The van der Waals surface area contributed by atoms with Gasteiger partial charge in [-0.25, -0.2) is 17.5 Å². The van der Waals surface area contributed by atoms with E-state index >= 15 is 0 Å². The Kier molecular flexibility index (Phi) is 6.95. The molecule has 2 aromatic rings. The first-order valence-corrected chi connectivity index (χ1v) is 10.8. The molecule has 3 rings (SSSR count). The van der Waals surface area contributed by atoms with Gasteiger partial charge in [-0.3, -0.25) is 4.90 Å². The van der Waals surface area contributed by atoms with Crippen LogP contribution in [-0.4, -0.2) is 46.1 Å². The normalized spacial score (nSPS) is 18.5. The van der Waals surface area contributed by atoms with Crippen LogP contribution in [0.25, 0.3) is 0 Å². The molecule has 1 heterocycles. The van der Waals surface area contributed by atoms with E-state index in [4.69, 9.17) is 4.74 Å². The van der Waals surface area contributed by atoms with E-state index in [9.17, 15) is 12.8 Å². The lowest BCUT2D eigenvalue weighted by Gasteiger charge is -2.33. The number of ether oxygens (including phenoxy) is 1. The van der Waals surface area contributed by atoms with E-state index in [1.54, 1.807) is 12.1 Å². The molecule has 0 bridgehead atoms. The fraction of sp³-hybridized carbons (Fsp3) is 0.400. The van der Waals surface area contributed by atoms with E-state index in [1.807, 2.05) is 18.2 Å². The van der Waals surface area contributed by atoms with E-state index < -0.39 is 15.8 Å². The minimum Gasteiger partial charge on any atom is -0.371 e. The molecule has 7 heteroatoms. The van der Waals surface area contributed by atoms with Gasteiger partial charge >= 0.3 is 0 Å². The Hall–Kier alpha value is -1.80. The van der Waals surface area contributed by atoms with Gasteiger partial charge in [-0.05, 0) is 24.6 Å². The summed E-state index contributed by atoms with van der Waals surface area (Å²) >= 11 is 0. The van der Waals surface area contributed by atoms with Gasteiger partial charge in [0.2, 0.25) is 10.0 Å². The quantitative estimate of drug-likeness (QED) is 0.702. The molecule has 0 spiro atoms. The van der Waals surface area contributed by atoms with Crippen LogP contribution in [0.3, 0.4) is 0 Å². The van der Waals surface area contributed by atoms with Crippen molar-refractivity contribution in [2.75, 3.05) is 32.8 Å². The number of nitrogens with one attached hydrogen (secondary N) is 1. The number of morpholine rings is 1. The molecule has 1 atom stereocenters. The molecular formula is C20H25FN2O3S. The van der Waals surface area contributed by atoms with E-state index in [0.717, 1.165) is 25.2 Å². The van der Waals surface area contributed by atoms with Crippen molar-refractivity contribution in [3.8, 4) is 0 Å². The minimum absolute atomic E-state index is 0.0534. The third-order valence-corrected chi connectivity index (χ3v) is 5.93. The van der Waals surface area contributed by atoms with Crippen molar-refractivity contribution in [2.24, 2.45) is 0 Å². The predicted molar refractivity (Wildman–Crippen MR) is 103 cm³/mol. The zero-order valence-corrected chi connectivity index (χ0v) is 16.0. The summed E-state index contributed by atoms with van der Waals surface area (Å²) in [5.41, 5.74) is 1.34. The number of halogens is 1. The van der Waals surface area contributed by atoms with Crippen LogP contribution in [0.4, 0.5) is 4.39 Å². The van der Waals surface area contributed by atoms with Crippen LogP contribution in [0, 0.1) is 5.82 Å². The summed E-state index contributed by atoms with van der Waals surface area (Å²) < 4.78 is 46.3. The first-order valence-electron chi connectivity index (χ1n) is 9.13. The molecule has 0 amide bonds. The molecule has 2 aromatic carbocycles. The van der Waals surface area contributed by atoms with Crippen LogP contribution in [0.1, 0.15) is 23.7 Å². The third kappa shape index (κ3) is 6.10. The van der Waals surface area contributed by atoms with Crippen LogP contribution in [0.15, 0.2) is 54.6 Å². The van der Waals surface area contributed by atoms with Gasteiger partial charge in [0.05, 0.1) is 18.5 Å². The van der Waals surface area contributed by atoms with E-state index in [-0.39, 0.29) is 17.4 Å². The summed E-state index contributed by atoms with van der Waals surface area (Å²) in [6.07, 6.45) is 0.746. The van der Waals surface area contributed by atoms with Crippen molar-refractivity contribution < 1.29 is 17.5 Å². The second-order valence-corrected chi connectivity index (χ2v) is 8.48. The lowest BCUT2D eigenvalue weighted by Crippen LogP contribution is -2.40. The lowest BCUT2D eigenvalue weighted by atomic mass is 10.1. The Morgan fingerprint density at radius 3 is 2.63 bits per heavy atom. The SMILES string of the molecule is O=S(=O)(Cc1ccccc1F)NCCCN1CCOC(c2ccccc2)C1. The van der Waals surface area contributed by atoms with Gasteiger partial charge in [-0.1, -0.05) is 48.5 Å². The summed E-state index contributed by atoms with van der Waals surface area (Å²) in [6.45, 7) is 3.43. The Labute approximate surface area is 160 Å². The highest BCUT2D eigenvalue weighted by atomic mass is 32.2. The van der Waals surface area contributed by atoms with Crippen molar-refractivity contribution in [3.63, 3.8) is 0 Å². The largest absolute Gasteiger partial charge is 0.371 e. The third-order valence-electron chi connectivity index (χ3n) is 4.60. The molecule has 0 saturated carbocycles. The van der Waals surface area contributed by atoms with Crippen LogP contribution in [-0.2, 0) is 20.5 Å². The van der Waals surface area contributed by atoms with Crippen molar-refractivity contribution in [1.29, 1.82) is 0 Å². The molecule has 0 radical (unpaired) electrons. The van der Waals surface area contributed by atoms with Gasteiger partial charge in [-0.2, -0.15) is 0 Å². The molecule has 1 fully saturated rings. The Bertz CT molecular complexity index is 830. The highest BCUT2D eigenvalue weighted by Gasteiger charge is 2.21. The fourth-order valence-corrected chi connectivity index (χ4v) is 4.38. The maximum atomic E-state index is 13.6. The molecule has 1 saturated heterocycles. The fourth-order valence-electron chi connectivity index (χ4n) is 3.18. The molecule has 146 valence electrons. The topological polar surface area (TPSA) is 58.6 Å².